The first kappa shape index (κ1) is 15.4. The fourth-order valence-corrected chi connectivity index (χ4v) is 4.63. The summed E-state index contributed by atoms with van der Waals surface area (Å²) in [5, 5.41) is 12.6. The van der Waals surface area contributed by atoms with Gasteiger partial charge < -0.3 is 5.32 Å². The van der Waals surface area contributed by atoms with Crippen molar-refractivity contribution >= 4 is 21.6 Å². The van der Waals surface area contributed by atoms with Crippen LogP contribution >= 0.6 is 11.8 Å². The third-order valence-corrected chi connectivity index (χ3v) is 6.38. The zero-order chi connectivity index (χ0) is 14.4. The van der Waals surface area contributed by atoms with Crippen molar-refractivity contribution < 1.29 is 8.42 Å². The fraction of sp³-hybridized carbons (Fsp3) is 0.500. The second-order valence-electron chi connectivity index (χ2n) is 4.80. The van der Waals surface area contributed by atoms with Gasteiger partial charge in [0.25, 0.3) is 0 Å². The molecule has 20 heavy (non-hydrogen) atoms. The third kappa shape index (κ3) is 4.23. The molecule has 4 nitrogen and oxygen atoms in total. The molecule has 0 spiro atoms. The van der Waals surface area contributed by atoms with Gasteiger partial charge >= 0.3 is 0 Å². The van der Waals surface area contributed by atoms with Crippen LogP contribution in [0.15, 0.2) is 29.2 Å². The van der Waals surface area contributed by atoms with Crippen molar-refractivity contribution in [2.75, 3.05) is 24.6 Å². The van der Waals surface area contributed by atoms with Gasteiger partial charge in [-0.1, -0.05) is 6.07 Å². The Hall–Kier alpha value is -1.03. The van der Waals surface area contributed by atoms with Crippen LogP contribution in [0.2, 0.25) is 0 Å². The lowest BCUT2D eigenvalue weighted by molar-refractivity contribution is 0.589. The Morgan fingerprint density at radius 3 is 3.00 bits per heavy atom. The maximum Gasteiger partial charge on any atom is 0.179 e. The standard InChI is InChI=1S/C14H18N2O2S2/c15-10-12-3-1-5-14(9-12)20(17,18)8-6-16-11-13-4-2-7-19-13/h1,3,5,9,13,16H,2,4,6-8,11H2. The second-order valence-corrected chi connectivity index (χ2v) is 8.32. The van der Waals surface area contributed by atoms with Crippen molar-refractivity contribution in [3.63, 3.8) is 0 Å². The zero-order valence-corrected chi connectivity index (χ0v) is 12.8. The molecule has 2 rings (SSSR count). The Kier molecular flexibility index (Phi) is 5.46. The normalized spacial score (nSPS) is 18.9. The number of sulfone groups is 1. The highest BCUT2D eigenvalue weighted by Crippen LogP contribution is 2.25. The Balaban J connectivity index is 1.85. The summed E-state index contributed by atoms with van der Waals surface area (Å²) >= 11 is 1.95. The minimum Gasteiger partial charge on any atom is -0.315 e. The van der Waals surface area contributed by atoms with Crippen molar-refractivity contribution in [1.82, 2.24) is 5.32 Å². The molecule has 1 aliphatic rings. The van der Waals surface area contributed by atoms with Crippen LogP contribution in [-0.2, 0) is 9.84 Å². The SMILES string of the molecule is N#Cc1cccc(S(=O)(=O)CCNCC2CCCS2)c1. The van der Waals surface area contributed by atoms with Crippen molar-refractivity contribution in [2.45, 2.75) is 23.0 Å². The molecule has 1 aliphatic heterocycles. The van der Waals surface area contributed by atoms with Crippen LogP contribution in [0.25, 0.3) is 0 Å². The highest BCUT2D eigenvalue weighted by Gasteiger charge is 2.17. The second kappa shape index (κ2) is 7.11. The minimum atomic E-state index is -3.31. The molecule has 108 valence electrons. The van der Waals surface area contributed by atoms with Crippen LogP contribution in [0.5, 0.6) is 0 Å². The van der Waals surface area contributed by atoms with Crippen LogP contribution in [0.1, 0.15) is 18.4 Å². The molecule has 1 aromatic rings. The summed E-state index contributed by atoms with van der Waals surface area (Å²) in [6, 6.07) is 8.15. The number of rotatable bonds is 6. The van der Waals surface area contributed by atoms with Gasteiger partial charge in [0.2, 0.25) is 0 Å². The molecule has 1 aromatic carbocycles. The monoisotopic (exact) mass is 310 g/mol. The van der Waals surface area contributed by atoms with Crippen molar-refractivity contribution in [2.24, 2.45) is 0 Å². The number of nitriles is 1. The van der Waals surface area contributed by atoms with Crippen LogP contribution in [0.4, 0.5) is 0 Å². The van der Waals surface area contributed by atoms with E-state index >= 15 is 0 Å². The van der Waals surface area contributed by atoms with E-state index in [-0.39, 0.29) is 10.6 Å². The van der Waals surface area contributed by atoms with E-state index in [1.807, 2.05) is 17.8 Å². The number of thioether (sulfide) groups is 1. The maximum absolute atomic E-state index is 12.1. The first-order chi connectivity index (χ1) is 9.62. The van der Waals surface area contributed by atoms with Crippen LogP contribution in [-0.4, -0.2) is 38.3 Å². The van der Waals surface area contributed by atoms with E-state index in [0.29, 0.717) is 17.4 Å². The van der Waals surface area contributed by atoms with E-state index in [1.54, 1.807) is 18.2 Å². The summed E-state index contributed by atoms with van der Waals surface area (Å²) in [5.41, 5.74) is 0.376. The lowest BCUT2D eigenvalue weighted by Crippen LogP contribution is -2.28. The molecule has 0 saturated carbocycles. The molecule has 0 amide bonds. The van der Waals surface area contributed by atoms with Gasteiger partial charge in [0, 0.05) is 18.3 Å². The molecule has 0 aromatic heterocycles. The number of nitrogens with one attached hydrogen (secondary N) is 1. The summed E-state index contributed by atoms with van der Waals surface area (Å²) in [6.45, 7) is 1.33. The van der Waals surface area contributed by atoms with E-state index in [0.717, 1.165) is 6.54 Å². The highest BCUT2D eigenvalue weighted by molar-refractivity contribution is 8.00. The summed E-state index contributed by atoms with van der Waals surface area (Å²) in [7, 11) is -3.31. The molecule has 1 heterocycles. The predicted molar refractivity (Wildman–Crippen MR) is 81.6 cm³/mol. The van der Waals surface area contributed by atoms with E-state index in [4.69, 9.17) is 5.26 Å². The molecule has 1 saturated heterocycles. The zero-order valence-electron chi connectivity index (χ0n) is 11.2. The maximum atomic E-state index is 12.1. The molecule has 6 heteroatoms. The molecule has 1 N–H and O–H groups in total. The van der Waals surface area contributed by atoms with Gasteiger partial charge in [0.05, 0.1) is 22.3 Å². The Bertz CT molecular complexity index is 587. The van der Waals surface area contributed by atoms with Crippen LogP contribution < -0.4 is 5.32 Å². The summed E-state index contributed by atoms with van der Waals surface area (Å²) in [6.07, 6.45) is 2.48. The quantitative estimate of drug-likeness (QED) is 0.812. The Morgan fingerprint density at radius 1 is 1.45 bits per heavy atom. The van der Waals surface area contributed by atoms with E-state index < -0.39 is 9.84 Å². The third-order valence-electron chi connectivity index (χ3n) is 3.27. The molecule has 0 aliphatic carbocycles. The number of hydrogen-bond acceptors (Lipinski definition) is 5. The van der Waals surface area contributed by atoms with E-state index in [2.05, 4.69) is 5.32 Å². The fourth-order valence-electron chi connectivity index (χ4n) is 2.15. The Morgan fingerprint density at radius 2 is 2.30 bits per heavy atom. The van der Waals surface area contributed by atoms with Gasteiger partial charge in [-0.25, -0.2) is 8.42 Å². The first-order valence-corrected chi connectivity index (χ1v) is 9.37. The lowest BCUT2D eigenvalue weighted by atomic mass is 10.2. The highest BCUT2D eigenvalue weighted by atomic mass is 32.2. The smallest absolute Gasteiger partial charge is 0.179 e. The largest absolute Gasteiger partial charge is 0.315 e. The molecule has 1 fully saturated rings. The number of hydrogen-bond donors (Lipinski definition) is 1. The van der Waals surface area contributed by atoms with Gasteiger partial charge in [0.1, 0.15) is 0 Å². The van der Waals surface area contributed by atoms with Crippen LogP contribution in [0, 0.1) is 11.3 Å². The lowest BCUT2D eigenvalue weighted by Gasteiger charge is -2.10. The molecular weight excluding hydrogens is 292 g/mol. The average molecular weight is 310 g/mol. The van der Waals surface area contributed by atoms with E-state index in [9.17, 15) is 8.42 Å². The number of nitrogens with zero attached hydrogens (tertiary/aromatic N) is 1. The molecule has 1 atom stereocenters. The molecule has 0 radical (unpaired) electrons. The van der Waals surface area contributed by atoms with Crippen molar-refractivity contribution in [1.29, 1.82) is 5.26 Å². The first-order valence-electron chi connectivity index (χ1n) is 6.67. The average Bonchev–Trinajstić information content (AvgIpc) is 2.97. The van der Waals surface area contributed by atoms with Crippen molar-refractivity contribution in [3.8, 4) is 6.07 Å². The van der Waals surface area contributed by atoms with Gasteiger partial charge in [-0.05, 0) is 36.8 Å². The van der Waals surface area contributed by atoms with E-state index in [1.165, 1.54) is 24.7 Å². The molecular formula is C14H18N2O2S2. The van der Waals surface area contributed by atoms with Gasteiger partial charge in [0.15, 0.2) is 9.84 Å². The summed E-state index contributed by atoms with van der Waals surface area (Å²) < 4.78 is 24.3. The molecule has 0 bridgehead atoms. The van der Waals surface area contributed by atoms with Gasteiger partial charge in [-0.2, -0.15) is 17.0 Å². The van der Waals surface area contributed by atoms with Gasteiger partial charge in [-0.3, -0.25) is 0 Å². The predicted octanol–water partition coefficient (Wildman–Crippen LogP) is 1.82. The van der Waals surface area contributed by atoms with Gasteiger partial charge in [-0.15, -0.1) is 0 Å². The molecule has 1 unspecified atom stereocenters. The summed E-state index contributed by atoms with van der Waals surface area (Å²) in [5.74, 6) is 1.28. The topological polar surface area (TPSA) is 70.0 Å². The summed E-state index contributed by atoms with van der Waals surface area (Å²) in [4.78, 5) is 0.230. The number of benzene rings is 1. The minimum absolute atomic E-state index is 0.0687. The Labute approximate surface area is 124 Å². The van der Waals surface area contributed by atoms with Crippen LogP contribution in [0.3, 0.4) is 0 Å². The van der Waals surface area contributed by atoms with Crippen molar-refractivity contribution in [3.05, 3.63) is 29.8 Å².